The summed E-state index contributed by atoms with van der Waals surface area (Å²) in [6.45, 7) is 8.16. The Morgan fingerprint density at radius 2 is 2.00 bits per heavy atom. The molecule has 1 aromatic rings. The number of ether oxygens (including phenoxy) is 1. The van der Waals surface area contributed by atoms with E-state index in [1.807, 2.05) is 18.7 Å². The molecule has 2 heterocycles. The first kappa shape index (κ1) is 15.9. The molecule has 118 valence electrons. The quantitative estimate of drug-likeness (QED) is 0.840. The molecule has 0 radical (unpaired) electrons. The lowest BCUT2D eigenvalue weighted by Crippen LogP contribution is -2.39. The van der Waals surface area contributed by atoms with E-state index in [9.17, 15) is 4.21 Å². The Hall–Kier alpha value is -1.44. The lowest BCUT2D eigenvalue weighted by atomic mass is 10.5. The first-order chi connectivity index (χ1) is 10.1. The summed E-state index contributed by atoms with van der Waals surface area (Å²) in [7, 11) is -0.719. The Kier molecular flexibility index (Phi) is 5.72. The third-order valence-electron chi connectivity index (χ3n) is 2.94. The SMILES string of the molecule is CCCNc1nc(OC(C)C)nc(N2CCS(=O)CC2)n1. The van der Waals surface area contributed by atoms with Crippen molar-refractivity contribution >= 4 is 22.7 Å². The van der Waals surface area contributed by atoms with Crippen LogP contribution in [0.25, 0.3) is 0 Å². The molecule has 0 amide bonds. The van der Waals surface area contributed by atoms with Crippen molar-refractivity contribution in [3.63, 3.8) is 0 Å². The molecule has 7 nitrogen and oxygen atoms in total. The number of hydrogen-bond acceptors (Lipinski definition) is 7. The maximum Gasteiger partial charge on any atom is 0.323 e. The van der Waals surface area contributed by atoms with Gasteiger partial charge in [-0.2, -0.15) is 15.0 Å². The molecule has 1 aromatic heterocycles. The Bertz CT molecular complexity index is 487. The molecular weight excluding hydrogens is 290 g/mol. The first-order valence-corrected chi connectivity index (χ1v) is 8.83. The van der Waals surface area contributed by atoms with Crippen LogP contribution in [0.2, 0.25) is 0 Å². The molecule has 0 spiro atoms. The first-order valence-electron chi connectivity index (χ1n) is 7.35. The highest BCUT2D eigenvalue weighted by Gasteiger charge is 2.20. The summed E-state index contributed by atoms with van der Waals surface area (Å²) in [6, 6.07) is 0.334. The lowest BCUT2D eigenvalue weighted by Gasteiger charge is -2.26. The highest BCUT2D eigenvalue weighted by Crippen LogP contribution is 2.17. The minimum absolute atomic E-state index is 0.00753. The maximum absolute atomic E-state index is 11.5. The second kappa shape index (κ2) is 7.53. The molecule has 0 unspecified atom stereocenters. The molecular formula is C13H23N5O2S. The summed E-state index contributed by atoms with van der Waals surface area (Å²) in [6.07, 6.45) is 0.998. The third kappa shape index (κ3) is 4.80. The fraction of sp³-hybridized carbons (Fsp3) is 0.769. The van der Waals surface area contributed by atoms with E-state index >= 15 is 0 Å². The van der Waals surface area contributed by atoms with Crippen molar-refractivity contribution in [2.75, 3.05) is 41.4 Å². The lowest BCUT2D eigenvalue weighted by molar-refractivity contribution is 0.222. The van der Waals surface area contributed by atoms with Crippen LogP contribution in [0, 0.1) is 0 Å². The van der Waals surface area contributed by atoms with Crippen LogP contribution in [-0.2, 0) is 10.8 Å². The van der Waals surface area contributed by atoms with E-state index in [2.05, 4.69) is 27.2 Å². The second-order valence-corrected chi connectivity index (χ2v) is 6.87. The number of hydrogen-bond donors (Lipinski definition) is 1. The van der Waals surface area contributed by atoms with Crippen molar-refractivity contribution in [2.45, 2.75) is 33.3 Å². The summed E-state index contributed by atoms with van der Waals surface area (Å²) in [5, 5.41) is 3.17. The van der Waals surface area contributed by atoms with Gasteiger partial charge in [-0.25, -0.2) is 0 Å². The zero-order valence-electron chi connectivity index (χ0n) is 12.8. The number of nitrogens with one attached hydrogen (secondary N) is 1. The van der Waals surface area contributed by atoms with Crippen molar-refractivity contribution in [2.24, 2.45) is 0 Å². The Morgan fingerprint density at radius 1 is 1.29 bits per heavy atom. The molecule has 1 N–H and O–H groups in total. The molecule has 1 saturated heterocycles. The van der Waals surface area contributed by atoms with E-state index in [1.165, 1.54) is 0 Å². The minimum Gasteiger partial charge on any atom is -0.461 e. The van der Waals surface area contributed by atoms with Gasteiger partial charge in [0.2, 0.25) is 11.9 Å². The molecule has 1 aliphatic heterocycles. The van der Waals surface area contributed by atoms with Gasteiger partial charge in [0, 0.05) is 41.9 Å². The molecule has 0 aliphatic carbocycles. The average molecular weight is 313 g/mol. The van der Waals surface area contributed by atoms with Gasteiger partial charge in [-0.05, 0) is 20.3 Å². The van der Waals surface area contributed by atoms with Gasteiger partial charge in [0.25, 0.3) is 0 Å². The van der Waals surface area contributed by atoms with Crippen molar-refractivity contribution < 1.29 is 8.95 Å². The molecule has 0 aromatic carbocycles. The van der Waals surface area contributed by atoms with Gasteiger partial charge >= 0.3 is 6.01 Å². The summed E-state index contributed by atoms with van der Waals surface area (Å²) in [5.74, 6) is 2.44. The number of rotatable bonds is 6. The van der Waals surface area contributed by atoms with Gasteiger partial charge in [-0.15, -0.1) is 0 Å². The summed E-state index contributed by atoms with van der Waals surface area (Å²) in [4.78, 5) is 15.1. The average Bonchev–Trinajstić information content (AvgIpc) is 2.45. The van der Waals surface area contributed by atoms with Gasteiger partial charge in [-0.3, -0.25) is 4.21 Å². The van der Waals surface area contributed by atoms with Crippen LogP contribution in [0.15, 0.2) is 0 Å². The number of nitrogens with zero attached hydrogens (tertiary/aromatic N) is 4. The summed E-state index contributed by atoms with van der Waals surface area (Å²) in [5.41, 5.74) is 0. The molecule has 0 saturated carbocycles. The molecule has 21 heavy (non-hydrogen) atoms. The fourth-order valence-electron chi connectivity index (χ4n) is 1.90. The zero-order valence-corrected chi connectivity index (χ0v) is 13.7. The van der Waals surface area contributed by atoms with Gasteiger partial charge < -0.3 is 15.0 Å². The monoisotopic (exact) mass is 313 g/mol. The van der Waals surface area contributed by atoms with Crippen LogP contribution < -0.4 is 15.0 Å². The Morgan fingerprint density at radius 3 is 2.62 bits per heavy atom. The standard InChI is InChI=1S/C13H23N5O2S/c1-4-5-14-11-15-12(17-13(16-11)20-10(2)3)18-6-8-21(19)9-7-18/h10H,4-9H2,1-3H3,(H,14,15,16,17). The third-order valence-corrected chi connectivity index (χ3v) is 4.21. The van der Waals surface area contributed by atoms with Gasteiger partial charge in [0.1, 0.15) is 0 Å². The predicted octanol–water partition coefficient (Wildman–Crippen LogP) is 1.05. The Labute approximate surface area is 128 Å². The maximum atomic E-state index is 11.5. The van der Waals surface area contributed by atoms with Gasteiger partial charge in [0.15, 0.2) is 0 Å². The summed E-state index contributed by atoms with van der Waals surface area (Å²) < 4.78 is 17.1. The topological polar surface area (TPSA) is 80.2 Å². The van der Waals surface area contributed by atoms with Gasteiger partial charge in [-0.1, -0.05) is 6.92 Å². The Balaban J connectivity index is 2.19. The number of anilines is 2. The molecule has 0 atom stereocenters. The van der Waals surface area contributed by atoms with Crippen LogP contribution in [-0.4, -0.2) is 56.4 Å². The molecule has 2 rings (SSSR count). The largest absolute Gasteiger partial charge is 0.461 e. The van der Waals surface area contributed by atoms with Gasteiger partial charge in [0.05, 0.1) is 6.10 Å². The summed E-state index contributed by atoms with van der Waals surface area (Å²) >= 11 is 0. The van der Waals surface area contributed by atoms with E-state index in [-0.39, 0.29) is 6.10 Å². The highest BCUT2D eigenvalue weighted by atomic mass is 32.2. The van der Waals surface area contributed by atoms with Crippen LogP contribution in [0.4, 0.5) is 11.9 Å². The van der Waals surface area contributed by atoms with Crippen molar-refractivity contribution in [3.8, 4) is 6.01 Å². The van der Waals surface area contributed by atoms with Crippen LogP contribution >= 0.6 is 0 Å². The van der Waals surface area contributed by atoms with Crippen molar-refractivity contribution in [1.82, 2.24) is 15.0 Å². The van der Waals surface area contributed by atoms with Crippen LogP contribution in [0.3, 0.4) is 0 Å². The van der Waals surface area contributed by atoms with E-state index in [0.717, 1.165) is 13.0 Å². The molecule has 0 bridgehead atoms. The van der Waals surface area contributed by atoms with E-state index in [1.54, 1.807) is 0 Å². The molecule has 1 fully saturated rings. The smallest absolute Gasteiger partial charge is 0.323 e. The zero-order chi connectivity index (χ0) is 15.2. The predicted molar refractivity (Wildman–Crippen MR) is 84.5 cm³/mol. The van der Waals surface area contributed by atoms with Crippen LogP contribution in [0.5, 0.6) is 6.01 Å². The van der Waals surface area contributed by atoms with Crippen molar-refractivity contribution in [1.29, 1.82) is 0 Å². The second-order valence-electron chi connectivity index (χ2n) is 5.17. The van der Waals surface area contributed by atoms with E-state index < -0.39 is 10.8 Å². The fourth-order valence-corrected chi connectivity index (χ4v) is 2.96. The number of aromatic nitrogens is 3. The highest BCUT2D eigenvalue weighted by molar-refractivity contribution is 7.85. The minimum atomic E-state index is -0.719. The molecule has 1 aliphatic rings. The van der Waals surface area contributed by atoms with Crippen LogP contribution in [0.1, 0.15) is 27.2 Å². The van der Waals surface area contributed by atoms with E-state index in [4.69, 9.17) is 4.74 Å². The normalized spacial score (nSPS) is 16.3. The van der Waals surface area contributed by atoms with Crippen molar-refractivity contribution in [3.05, 3.63) is 0 Å². The van der Waals surface area contributed by atoms with E-state index in [0.29, 0.717) is 42.5 Å². The molecule has 8 heteroatoms.